The molecular formula is C9H18N2O. The van der Waals surface area contributed by atoms with E-state index >= 15 is 0 Å². The van der Waals surface area contributed by atoms with Gasteiger partial charge in [0.05, 0.1) is 18.2 Å². The van der Waals surface area contributed by atoms with E-state index < -0.39 is 5.60 Å². The highest BCUT2D eigenvalue weighted by molar-refractivity contribution is 4.80. The lowest BCUT2D eigenvalue weighted by atomic mass is 10.1. The molecule has 0 radical (unpaired) electrons. The minimum absolute atomic E-state index is 0.401. The summed E-state index contributed by atoms with van der Waals surface area (Å²) in [6.07, 6.45) is 1.01. The molecule has 0 saturated heterocycles. The molecule has 0 heterocycles. The van der Waals surface area contributed by atoms with Crippen molar-refractivity contribution in [3.05, 3.63) is 0 Å². The number of nitriles is 1. The van der Waals surface area contributed by atoms with Gasteiger partial charge in [-0.2, -0.15) is 5.26 Å². The van der Waals surface area contributed by atoms with Gasteiger partial charge in [0.2, 0.25) is 0 Å². The van der Waals surface area contributed by atoms with Crippen LogP contribution in [0.3, 0.4) is 0 Å². The van der Waals surface area contributed by atoms with Gasteiger partial charge in [0.1, 0.15) is 0 Å². The first kappa shape index (κ1) is 11.4. The number of hydrogen-bond donors (Lipinski definition) is 1. The third-order valence-electron chi connectivity index (χ3n) is 1.44. The Morgan fingerprint density at radius 2 is 2.08 bits per heavy atom. The zero-order valence-electron chi connectivity index (χ0n) is 8.17. The van der Waals surface area contributed by atoms with Crippen molar-refractivity contribution in [1.29, 1.82) is 5.26 Å². The molecule has 0 rings (SSSR count). The van der Waals surface area contributed by atoms with Gasteiger partial charge in [0.15, 0.2) is 0 Å². The molecule has 0 aromatic heterocycles. The summed E-state index contributed by atoms with van der Waals surface area (Å²) in [7, 11) is 0. The van der Waals surface area contributed by atoms with Crippen molar-refractivity contribution in [2.24, 2.45) is 0 Å². The van der Waals surface area contributed by atoms with Crippen molar-refractivity contribution in [3.8, 4) is 6.07 Å². The Balaban J connectivity index is 3.88. The second-order valence-electron chi connectivity index (χ2n) is 3.68. The molecule has 3 nitrogen and oxygen atoms in total. The second kappa shape index (κ2) is 5.13. The van der Waals surface area contributed by atoms with Crippen molar-refractivity contribution >= 4 is 0 Å². The quantitative estimate of drug-likeness (QED) is 0.626. The van der Waals surface area contributed by atoms with Gasteiger partial charge < -0.3 is 5.11 Å². The molecule has 0 aliphatic carbocycles. The lowest BCUT2D eigenvalue weighted by Crippen LogP contribution is -2.39. The third kappa shape index (κ3) is 6.14. The lowest BCUT2D eigenvalue weighted by Gasteiger charge is -2.26. The lowest BCUT2D eigenvalue weighted by molar-refractivity contribution is 0.0405. The van der Waals surface area contributed by atoms with Crippen LogP contribution in [-0.2, 0) is 0 Å². The van der Waals surface area contributed by atoms with E-state index in [1.54, 1.807) is 13.8 Å². The van der Waals surface area contributed by atoms with Gasteiger partial charge in [-0.15, -0.1) is 0 Å². The second-order valence-corrected chi connectivity index (χ2v) is 3.68. The van der Waals surface area contributed by atoms with Crippen LogP contribution in [0.1, 0.15) is 27.2 Å². The monoisotopic (exact) mass is 170 g/mol. The Labute approximate surface area is 74.6 Å². The Bertz CT molecular complexity index is 155. The van der Waals surface area contributed by atoms with Gasteiger partial charge in [-0.1, -0.05) is 6.92 Å². The highest BCUT2D eigenvalue weighted by atomic mass is 16.3. The maximum Gasteiger partial charge on any atom is 0.0866 e. The van der Waals surface area contributed by atoms with E-state index in [-0.39, 0.29) is 0 Å². The number of nitrogens with zero attached hydrogens (tertiary/aromatic N) is 2. The van der Waals surface area contributed by atoms with Crippen LogP contribution in [0.15, 0.2) is 0 Å². The van der Waals surface area contributed by atoms with Crippen molar-refractivity contribution in [2.75, 3.05) is 19.6 Å². The maximum absolute atomic E-state index is 9.49. The van der Waals surface area contributed by atoms with Crippen LogP contribution in [0.2, 0.25) is 0 Å². The molecule has 0 aliphatic heterocycles. The molecule has 0 spiro atoms. The molecule has 0 saturated carbocycles. The number of rotatable bonds is 5. The first-order valence-electron chi connectivity index (χ1n) is 4.31. The fourth-order valence-corrected chi connectivity index (χ4v) is 1.18. The average molecular weight is 170 g/mol. The summed E-state index contributed by atoms with van der Waals surface area (Å²) in [5.41, 5.74) is -0.702. The van der Waals surface area contributed by atoms with Crippen LogP contribution < -0.4 is 0 Å². The van der Waals surface area contributed by atoms with E-state index in [1.807, 2.05) is 4.90 Å². The fraction of sp³-hybridized carbons (Fsp3) is 0.889. The number of aliphatic hydroxyl groups is 1. The molecule has 0 fully saturated rings. The molecular weight excluding hydrogens is 152 g/mol. The van der Waals surface area contributed by atoms with E-state index in [4.69, 9.17) is 5.26 Å². The topological polar surface area (TPSA) is 47.3 Å². The highest BCUT2D eigenvalue weighted by Crippen LogP contribution is 2.04. The number of hydrogen-bond acceptors (Lipinski definition) is 3. The van der Waals surface area contributed by atoms with Gasteiger partial charge in [-0.05, 0) is 26.8 Å². The van der Waals surface area contributed by atoms with Gasteiger partial charge in [0.25, 0.3) is 0 Å². The van der Waals surface area contributed by atoms with E-state index in [2.05, 4.69) is 13.0 Å². The normalized spacial score (nSPS) is 11.7. The molecule has 0 aromatic rings. The summed E-state index contributed by atoms with van der Waals surface area (Å²) in [6.45, 7) is 7.42. The smallest absolute Gasteiger partial charge is 0.0866 e. The zero-order valence-corrected chi connectivity index (χ0v) is 8.17. The Morgan fingerprint density at radius 3 is 2.42 bits per heavy atom. The van der Waals surface area contributed by atoms with Crippen LogP contribution >= 0.6 is 0 Å². The van der Waals surface area contributed by atoms with Crippen molar-refractivity contribution in [2.45, 2.75) is 32.8 Å². The van der Waals surface area contributed by atoms with Crippen LogP contribution in [0.25, 0.3) is 0 Å². The maximum atomic E-state index is 9.49. The van der Waals surface area contributed by atoms with Crippen LogP contribution in [-0.4, -0.2) is 35.2 Å². The summed E-state index contributed by atoms with van der Waals surface area (Å²) in [4.78, 5) is 1.96. The van der Waals surface area contributed by atoms with E-state index in [0.717, 1.165) is 13.0 Å². The largest absolute Gasteiger partial charge is 0.389 e. The molecule has 0 unspecified atom stereocenters. The minimum atomic E-state index is -0.702. The predicted octanol–water partition coefficient (Wildman–Crippen LogP) is 0.993. The predicted molar refractivity (Wildman–Crippen MR) is 48.6 cm³/mol. The molecule has 12 heavy (non-hydrogen) atoms. The van der Waals surface area contributed by atoms with Gasteiger partial charge >= 0.3 is 0 Å². The van der Waals surface area contributed by atoms with Crippen molar-refractivity contribution in [3.63, 3.8) is 0 Å². The van der Waals surface area contributed by atoms with Crippen LogP contribution in [0, 0.1) is 11.3 Å². The summed E-state index contributed by atoms with van der Waals surface area (Å²) >= 11 is 0. The molecule has 1 N–H and O–H groups in total. The SMILES string of the molecule is CCCN(CC#N)CC(C)(C)O. The van der Waals surface area contributed by atoms with E-state index in [1.165, 1.54) is 0 Å². The van der Waals surface area contributed by atoms with Gasteiger partial charge in [-0.3, -0.25) is 4.90 Å². The van der Waals surface area contributed by atoms with Crippen molar-refractivity contribution < 1.29 is 5.11 Å². The minimum Gasteiger partial charge on any atom is -0.389 e. The summed E-state index contributed by atoms with van der Waals surface area (Å²) in [5.74, 6) is 0. The molecule has 3 heteroatoms. The van der Waals surface area contributed by atoms with E-state index in [9.17, 15) is 5.11 Å². The highest BCUT2D eigenvalue weighted by Gasteiger charge is 2.16. The molecule has 0 bridgehead atoms. The Hall–Kier alpha value is -0.590. The average Bonchev–Trinajstić information content (AvgIpc) is 1.84. The zero-order chi connectivity index (χ0) is 9.61. The summed E-state index contributed by atoms with van der Waals surface area (Å²) < 4.78 is 0. The molecule has 0 atom stereocenters. The van der Waals surface area contributed by atoms with Crippen molar-refractivity contribution in [1.82, 2.24) is 4.90 Å². The molecule has 0 aliphatic rings. The standard InChI is InChI=1S/C9H18N2O/c1-4-6-11(7-5-10)8-9(2,3)12/h12H,4,6-8H2,1-3H3. The molecule has 0 amide bonds. The van der Waals surface area contributed by atoms with Gasteiger partial charge in [0, 0.05) is 6.54 Å². The van der Waals surface area contributed by atoms with Gasteiger partial charge in [-0.25, -0.2) is 0 Å². The van der Waals surface area contributed by atoms with Crippen LogP contribution in [0.4, 0.5) is 0 Å². The molecule has 70 valence electrons. The summed E-state index contributed by atoms with van der Waals surface area (Å²) in [5, 5.41) is 18.0. The van der Waals surface area contributed by atoms with E-state index in [0.29, 0.717) is 13.1 Å². The Kier molecular flexibility index (Phi) is 4.87. The Morgan fingerprint density at radius 1 is 1.50 bits per heavy atom. The summed E-state index contributed by atoms with van der Waals surface area (Å²) in [6, 6.07) is 2.09. The first-order valence-corrected chi connectivity index (χ1v) is 4.31. The first-order chi connectivity index (χ1) is 5.49. The fourth-order valence-electron chi connectivity index (χ4n) is 1.18. The third-order valence-corrected chi connectivity index (χ3v) is 1.44. The van der Waals surface area contributed by atoms with Crippen LogP contribution in [0.5, 0.6) is 0 Å². The molecule has 0 aromatic carbocycles.